The molecule has 1 amide bonds. The van der Waals surface area contributed by atoms with E-state index in [1.807, 2.05) is 14.0 Å². The Kier molecular flexibility index (Phi) is 2.67. The summed E-state index contributed by atoms with van der Waals surface area (Å²) in [5, 5.41) is 4.04. The Labute approximate surface area is 76.7 Å². The number of nitrogens with zero attached hydrogens (tertiary/aromatic N) is 2. The fourth-order valence-corrected chi connectivity index (χ4v) is 1.08. The van der Waals surface area contributed by atoms with Crippen LogP contribution in [0.3, 0.4) is 0 Å². The second-order valence-electron chi connectivity index (χ2n) is 3.09. The molecule has 1 rings (SSSR count). The average Bonchev–Trinajstić information content (AvgIpc) is 2.36. The molecule has 0 aromatic carbocycles. The van der Waals surface area contributed by atoms with Gasteiger partial charge >= 0.3 is 0 Å². The maximum Gasteiger partial charge on any atom is 0.234 e. The minimum Gasteiger partial charge on any atom is -0.368 e. The van der Waals surface area contributed by atoms with Gasteiger partial charge in [0.1, 0.15) is 0 Å². The van der Waals surface area contributed by atoms with Crippen LogP contribution < -0.4 is 11.5 Å². The van der Waals surface area contributed by atoms with Gasteiger partial charge in [-0.15, -0.1) is 0 Å². The largest absolute Gasteiger partial charge is 0.368 e. The maximum absolute atomic E-state index is 10.7. The Hall–Kier alpha value is -1.36. The van der Waals surface area contributed by atoms with Gasteiger partial charge in [0.2, 0.25) is 5.91 Å². The molecule has 4 N–H and O–H groups in total. The lowest BCUT2D eigenvalue weighted by Gasteiger charge is -2.05. The molecule has 5 nitrogen and oxygen atoms in total. The van der Waals surface area contributed by atoms with Crippen molar-refractivity contribution in [2.45, 2.75) is 19.4 Å². The van der Waals surface area contributed by atoms with Crippen LogP contribution >= 0.6 is 0 Å². The molecule has 0 aliphatic carbocycles. The van der Waals surface area contributed by atoms with Gasteiger partial charge in [-0.05, 0) is 18.9 Å². The van der Waals surface area contributed by atoms with Crippen molar-refractivity contribution in [2.24, 2.45) is 18.5 Å². The summed E-state index contributed by atoms with van der Waals surface area (Å²) in [5.74, 6) is -0.483. The molecule has 1 aromatic heterocycles. The number of primary amides is 1. The zero-order valence-corrected chi connectivity index (χ0v) is 7.82. The van der Waals surface area contributed by atoms with E-state index >= 15 is 0 Å². The fourth-order valence-electron chi connectivity index (χ4n) is 1.08. The highest BCUT2D eigenvalue weighted by Crippen LogP contribution is 2.07. The van der Waals surface area contributed by atoms with Crippen LogP contribution in [0.5, 0.6) is 0 Å². The van der Waals surface area contributed by atoms with Crippen LogP contribution in [0.2, 0.25) is 0 Å². The predicted molar refractivity (Wildman–Crippen MR) is 48.8 cm³/mol. The van der Waals surface area contributed by atoms with Crippen LogP contribution in [-0.4, -0.2) is 21.7 Å². The number of aryl methyl sites for hydroxylation is 1. The predicted octanol–water partition coefficient (Wildman–Crippen LogP) is -0.916. The first-order chi connectivity index (χ1) is 6.02. The topological polar surface area (TPSA) is 86.9 Å². The van der Waals surface area contributed by atoms with Gasteiger partial charge in [0.15, 0.2) is 0 Å². The summed E-state index contributed by atoms with van der Waals surface area (Å²) >= 11 is 0. The number of rotatable bonds is 3. The summed E-state index contributed by atoms with van der Waals surface area (Å²) in [6, 6.07) is -0.622. The molecular weight excluding hydrogens is 168 g/mol. The Balaban J connectivity index is 2.74. The lowest BCUT2D eigenvalue weighted by Crippen LogP contribution is -2.38. The molecule has 1 aromatic rings. The smallest absolute Gasteiger partial charge is 0.234 e. The summed E-state index contributed by atoms with van der Waals surface area (Å²) in [6.07, 6.45) is 2.16. The quantitative estimate of drug-likeness (QED) is 0.634. The third kappa shape index (κ3) is 2.06. The van der Waals surface area contributed by atoms with Crippen molar-refractivity contribution in [3.8, 4) is 0 Å². The lowest BCUT2D eigenvalue weighted by atomic mass is 10.1. The molecule has 0 radical (unpaired) electrons. The molecule has 0 saturated heterocycles. The van der Waals surface area contributed by atoms with E-state index < -0.39 is 11.9 Å². The first-order valence-electron chi connectivity index (χ1n) is 4.04. The van der Waals surface area contributed by atoms with E-state index in [1.165, 1.54) is 0 Å². The van der Waals surface area contributed by atoms with Gasteiger partial charge in [0.25, 0.3) is 0 Å². The molecular formula is C8H14N4O. The first kappa shape index (κ1) is 9.73. The van der Waals surface area contributed by atoms with E-state index in [9.17, 15) is 4.79 Å². The van der Waals surface area contributed by atoms with E-state index in [1.54, 1.807) is 10.9 Å². The lowest BCUT2D eigenvalue weighted by molar-refractivity contribution is -0.119. The van der Waals surface area contributed by atoms with Crippen molar-refractivity contribution in [3.63, 3.8) is 0 Å². The number of carbonyl (C=O) groups excluding carboxylic acids is 1. The zero-order valence-electron chi connectivity index (χ0n) is 7.82. The van der Waals surface area contributed by atoms with Crippen molar-refractivity contribution in [1.82, 2.24) is 9.78 Å². The average molecular weight is 182 g/mol. The Morgan fingerprint density at radius 2 is 2.38 bits per heavy atom. The molecule has 0 bridgehead atoms. The highest BCUT2D eigenvalue weighted by atomic mass is 16.1. The van der Waals surface area contributed by atoms with Gasteiger partial charge in [-0.25, -0.2) is 0 Å². The van der Waals surface area contributed by atoms with Crippen LogP contribution in [0.4, 0.5) is 0 Å². The molecule has 1 unspecified atom stereocenters. The second-order valence-corrected chi connectivity index (χ2v) is 3.09. The van der Waals surface area contributed by atoms with Crippen LogP contribution in [0.1, 0.15) is 11.3 Å². The zero-order chi connectivity index (χ0) is 10.0. The maximum atomic E-state index is 10.7. The van der Waals surface area contributed by atoms with Crippen LogP contribution in [0, 0.1) is 6.92 Å². The molecule has 0 spiro atoms. The summed E-state index contributed by atoms with van der Waals surface area (Å²) < 4.78 is 1.74. The SMILES string of the molecule is Cc1c(CC(N)C(N)=O)cnn1C. The summed E-state index contributed by atoms with van der Waals surface area (Å²) in [6.45, 7) is 1.93. The number of carbonyl (C=O) groups is 1. The van der Waals surface area contributed by atoms with Gasteiger partial charge in [0.05, 0.1) is 12.2 Å². The molecule has 5 heteroatoms. The van der Waals surface area contributed by atoms with Crippen molar-refractivity contribution in [1.29, 1.82) is 0 Å². The molecule has 1 heterocycles. The standard InChI is InChI=1S/C8H14N4O/c1-5-6(4-11-12(5)2)3-7(9)8(10)13/h4,7H,3,9H2,1-2H3,(H2,10,13). The highest BCUT2D eigenvalue weighted by molar-refractivity contribution is 5.79. The van der Waals surface area contributed by atoms with Crippen LogP contribution in [0.25, 0.3) is 0 Å². The van der Waals surface area contributed by atoms with E-state index in [0.29, 0.717) is 6.42 Å². The third-order valence-corrected chi connectivity index (χ3v) is 2.14. The van der Waals surface area contributed by atoms with Gasteiger partial charge in [-0.3, -0.25) is 9.48 Å². The Morgan fingerprint density at radius 1 is 1.77 bits per heavy atom. The number of hydrogen-bond donors (Lipinski definition) is 2. The van der Waals surface area contributed by atoms with Gasteiger partial charge in [0, 0.05) is 12.7 Å². The van der Waals surface area contributed by atoms with E-state index in [-0.39, 0.29) is 0 Å². The Morgan fingerprint density at radius 3 is 2.77 bits per heavy atom. The summed E-state index contributed by atoms with van der Waals surface area (Å²) in [7, 11) is 1.84. The number of nitrogens with two attached hydrogens (primary N) is 2. The van der Waals surface area contributed by atoms with Crippen molar-refractivity contribution in [2.75, 3.05) is 0 Å². The van der Waals surface area contributed by atoms with Crippen LogP contribution in [0.15, 0.2) is 6.20 Å². The summed E-state index contributed by atoms with van der Waals surface area (Å²) in [5.41, 5.74) is 12.5. The molecule has 13 heavy (non-hydrogen) atoms. The van der Waals surface area contributed by atoms with Gasteiger partial charge < -0.3 is 11.5 Å². The monoisotopic (exact) mass is 182 g/mol. The normalized spacial score (nSPS) is 12.8. The number of amides is 1. The van der Waals surface area contributed by atoms with Crippen molar-refractivity contribution < 1.29 is 4.79 Å². The minimum atomic E-state index is -0.622. The summed E-state index contributed by atoms with van der Waals surface area (Å²) in [4.78, 5) is 10.7. The molecule has 0 fully saturated rings. The van der Waals surface area contributed by atoms with Crippen LogP contribution in [-0.2, 0) is 18.3 Å². The third-order valence-electron chi connectivity index (χ3n) is 2.14. The first-order valence-corrected chi connectivity index (χ1v) is 4.04. The molecule has 1 atom stereocenters. The van der Waals surface area contributed by atoms with E-state index in [0.717, 1.165) is 11.3 Å². The van der Waals surface area contributed by atoms with Crippen molar-refractivity contribution >= 4 is 5.91 Å². The fraction of sp³-hybridized carbons (Fsp3) is 0.500. The van der Waals surface area contributed by atoms with Gasteiger partial charge in [-0.1, -0.05) is 0 Å². The van der Waals surface area contributed by atoms with Crippen molar-refractivity contribution in [3.05, 3.63) is 17.5 Å². The molecule has 0 aliphatic rings. The van der Waals surface area contributed by atoms with E-state index in [2.05, 4.69) is 5.10 Å². The van der Waals surface area contributed by atoms with Gasteiger partial charge in [-0.2, -0.15) is 5.10 Å². The van der Waals surface area contributed by atoms with E-state index in [4.69, 9.17) is 11.5 Å². The molecule has 72 valence electrons. The molecule has 0 aliphatic heterocycles. The highest BCUT2D eigenvalue weighted by Gasteiger charge is 2.13. The Bertz CT molecular complexity index is 318. The number of aromatic nitrogens is 2. The number of hydrogen-bond acceptors (Lipinski definition) is 3. The second kappa shape index (κ2) is 3.57. The molecule has 0 saturated carbocycles. The minimum absolute atomic E-state index is 0.453.